The maximum absolute atomic E-state index is 12.6. The van der Waals surface area contributed by atoms with Crippen molar-refractivity contribution in [3.63, 3.8) is 0 Å². The number of carbonyl (C=O) groups excluding carboxylic acids is 1. The summed E-state index contributed by atoms with van der Waals surface area (Å²) < 4.78 is 1.83. The lowest BCUT2D eigenvalue weighted by Gasteiger charge is -2.05. The molecular weight excluding hydrogens is 374 g/mol. The number of aromatic amines is 1. The molecular formula is C21H18ClN5O. The molecule has 0 aliphatic carbocycles. The number of hydrogen-bond donors (Lipinski definition) is 2. The molecule has 0 saturated heterocycles. The number of halogens is 1. The topological polar surface area (TPSA) is 75.6 Å². The Morgan fingerprint density at radius 1 is 1.07 bits per heavy atom. The van der Waals surface area contributed by atoms with E-state index in [2.05, 4.69) is 20.6 Å². The molecule has 0 saturated carbocycles. The van der Waals surface area contributed by atoms with Crippen molar-refractivity contribution in [3.8, 4) is 16.9 Å². The standard InChI is InChI=1S/C21H18ClN5O/c22-17-8-6-16(7-9-17)20-19(13-24-26-20)21(28)23-11-10-15-12-25-27(14-15)18-4-2-1-3-5-18/h1-9,12-14H,10-11H2,(H,23,28)(H,24,26). The van der Waals surface area contributed by atoms with Gasteiger partial charge < -0.3 is 5.32 Å². The van der Waals surface area contributed by atoms with Gasteiger partial charge >= 0.3 is 0 Å². The first-order valence-electron chi connectivity index (χ1n) is 8.87. The number of aromatic nitrogens is 4. The van der Waals surface area contributed by atoms with E-state index in [1.54, 1.807) is 12.1 Å². The minimum absolute atomic E-state index is 0.172. The van der Waals surface area contributed by atoms with Crippen molar-refractivity contribution in [1.82, 2.24) is 25.3 Å². The first-order valence-corrected chi connectivity index (χ1v) is 9.25. The molecule has 0 aliphatic rings. The van der Waals surface area contributed by atoms with E-state index in [1.165, 1.54) is 6.20 Å². The highest BCUT2D eigenvalue weighted by Gasteiger charge is 2.15. The van der Waals surface area contributed by atoms with Gasteiger partial charge in [-0.1, -0.05) is 41.9 Å². The highest BCUT2D eigenvalue weighted by atomic mass is 35.5. The average Bonchev–Trinajstić information content (AvgIpc) is 3.39. The van der Waals surface area contributed by atoms with Crippen molar-refractivity contribution in [2.45, 2.75) is 6.42 Å². The molecule has 7 heteroatoms. The number of nitrogens with one attached hydrogen (secondary N) is 2. The van der Waals surface area contributed by atoms with Gasteiger partial charge in [-0.2, -0.15) is 10.2 Å². The second-order valence-electron chi connectivity index (χ2n) is 6.30. The molecule has 0 spiro atoms. The van der Waals surface area contributed by atoms with Crippen LogP contribution < -0.4 is 5.32 Å². The highest BCUT2D eigenvalue weighted by molar-refractivity contribution is 6.30. The van der Waals surface area contributed by atoms with E-state index in [-0.39, 0.29) is 5.91 Å². The Bertz CT molecular complexity index is 1070. The van der Waals surface area contributed by atoms with Crippen LogP contribution in [0.5, 0.6) is 0 Å². The SMILES string of the molecule is O=C(NCCc1cnn(-c2ccccc2)c1)c1cn[nH]c1-c1ccc(Cl)cc1. The summed E-state index contributed by atoms with van der Waals surface area (Å²) in [4.78, 5) is 12.6. The van der Waals surface area contributed by atoms with Gasteiger partial charge in [-0.3, -0.25) is 9.89 Å². The van der Waals surface area contributed by atoms with Crippen molar-refractivity contribution in [2.24, 2.45) is 0 Å². The van der Waals surface area contributed by atoms with Gasteiger partial charge in [0, 0.05) is 23.3 Å². The molecule has 4 aromatic rings. The molecule has 2 N–H and O–H groups in total. The maximum atomic E-state index is 12.6. The zero-order chi connectivity index (χ0) is 19.3. The van der Waals surface area contributed by atoms with Crippen LogP contribution in [0.15, 0.2) is 73.2 Å². The summed E-state index contributed by atoms with van der Waals surface area (Å²) in [6, 6.07) is 17.2. The van der Waals surface area contributed by atoms with Crippen LogP contribution in [0, 0.1) is 0 Å². The number of nitrogens with zero attached hydrogens (tertiary/aromatic N) is 3. The molecule has 2 aromatic carbocycles. The number of para-hydroxylation sites is 1. The van der Waals surface area contributed by atoms with Gasteiger partial charge in [0.2, 0.25) is 0 Å². The fourth-order valence-corrected chi connectivity index (χ4v) is 3.05. The van der Waals surface area contributed by atoms with Crippen LogP contribution in [0.2, 0.25) is 5.02 Å². The fourth-order valence-electron chi connectivity index (χ4n) is 2.92. The molecule has 2 heterocycles. The minimum Gasteiger partial charge on any atom is -0.352 e. The predicted octanol–water partition coefficient (Wildman–Crippen LogP) is 3.89. The molecule has 0 unspecified atom stereocenters. The van der Waals surface area contributed by atoms with Crippen LogP contribution in [-0.4, -0.2) is 32.4 Å². The van der Waals surface area contributed by atoms with Crippen molar-refractivity contribution in [3.05, 3.63) is 89.3 Å². The Kier molecular flexibility index (Phi) is 5.21. The Hall–Kier alpha value is -3.38. The number of carbonyl (C=O) groups is 1. The summed E-state index contributed by atoms with van der Waals surface area (Å²) in [7, 11) is 0. The van der Waals surface area contributed by atoms with Crippen molar-refractivity contribution >= 4 is 17.5 Å². The Morgan fingerprint density at radius 3 is 2.64 bits per heavy atom. The van der Waals surface area contributed by atoms with Crippen LogP contribution in [-0.2, 0) is 6.42 Å². The first kappa shape index (κ1) is 18.0. The van der Waals surface area contributed by atoms with Gasteiger partial charge in [0.15, 0.2) is 0 Å². The van der Waals surface area contributed by atoms with E-state index >= 15 is 0 Å². The maximum Gasteiger partial charge on any atom is 0.255 e. The quantitative estimate of drug-likeness (QED) is 0.523. The summed E-state index contributed by atoms with van der Waals surface area (Å²) in [5, 5.41) is 14.9. The molecule has 0 fully saturated rings. The zero-order valence-corrected chi connectivity index (χ0v) is 15.7. The molecule has 4 rings (SSSR count). The molecule has 0 radical (unpaired) electrons. The van der Waals surface area contributed by atoms with E-state index in [0.717, 1.165) is 16.8 Å². The van der Waals surface area contributed by atoms with Gasteiger partial charge in [-0.05, 0) is 36.2 Å². The van der Waals surface area contributed by atoms with E-state index in [0.29, 0.717) is 29.2 Å². The largest absolute Gasteiger partial charge is 0.352 e. The third-order valence-electron chi connectivity index (χ3n) is 4.37. The van der Waals surface area contributed by atoms with Crippen LogP contribution in [0.4, 0.5) is 0 Å². The van der Waals surface area contributed by atoms with Gasteiger partial charge in [-0.25, -0.2) is 4.68 Å². The van der Waals surface area contributed by atoms with E-state index in [1.807, 2.05) is 59.5 Å². The molecule has 28 heavy (non-hydrogen) atoms. The number of amides is 1. The van der Waals surface area contributed by atoms with Crippen LogP contribution in [0.1, 0.15) is 15.9 Å². The van der Waals surface area contributed by atoms with Gasteiger partial charge in [-0.15, -0.1) is 0 Å². The second kappa shape index (κ2) is 8.10. The molecule has 2 aromatic heterocycles. The average molecular weight is 392 g/mol. The normalized spacial score (nSPS) is 10.8. The Morgan fingerprint density at radius 2 is 1.86 bits per heavy atom. The third kappa shape index (κ3) is 3.97. The number of rotatable bonds is 6. The summed E-state index contributed by atoms with van der Waals surface area (Å²) in [6.45, 7) is 0.505. The number of hydrogen-bond acceptors (Lipinski definition) is 3. The highest BCUT2D eigenvalue weighted by Crippen LogP contribution is 2.22. The van der Waals surface area contributed by atoms with Gasteiger partial charge in [0.25, 0.3) is 5.91 Å². The van der Waals surface area contributed by atoms with E-state index < -0.39 is 0 Å². The monoisotopic (exact) mass is 391 g/mol. The summed E-state index contributed by atoms with van der Waals surface area (Å²) >= 11 is 5.93. The molecule has 0 aliphatic heterocycles. The molecule has 0 atom stereocenters. The fraction of sp³-hybridized carbons (Fsp3) is 0.0952. The zero-order valence-electron chi connectivity index (χ0n) is 15.0. The first-order chi connectivity index (χ1) is 13.7. The van der Waals surface area contributed by atoms with Crippen LogP contribution >= 0.6 is 11.6 Å². The van der Waals surface area contributed by atoms with Crippen molar-refractivity contribution in [1.29, 1.82) is 0 Å². The molecule has 6 nitrogen and oxygen atoms in total. The number of benzene rings is 2. The summed E-state index contributed by atoms with van der Waals surface area (Å²) in [5.74, 6) is -0.172. The third-order valence-corrected chi connectivity index (χ3v) is 4.62. The van der Waals surface area contributed by atoms with Crippen molar-refractivity contribution < 1.29 is 4.79 Å². The van der Waals surface area contributed by atoms with Gasteiger partial charge in [0.05, 0.1) is 29.3 Å². The molecule has 0 bridgehead atoms. The smallest absolute Gasteiger partial charge is 0.255 e. The van der Waals surface area contributed by atoms with E-state index in [9.17, 15) is 4.79 Å². The lowest BCUT2D eigenvalue weighted by atomic mass is 10.1. The van der Waals surface area contributed by atoms with Crippen LogP contribution in [0.3, 0.4) is 0 Å². The Balaban J connectivity index is 1.38. The lowest BCUT2D eigenvalue weighted by Crippen LogP contribution is -2.25. The minimum atomic E-state index is -0.172. The predicted molar refractivity (Wildman–Crippen MR) is 109 cm³/mol. The number of H-pyrrole nitrogens is 1. The van der Waals surface area contributed by atoms with Gasteiger partial charge in [0.1, 0.15) is 0 Å². The molecule has 1 amide bonds. The van der Waals surface area contributed by atoms with E-state index in [4.69, 9.17) is 11.6 Å². The van der Waals surface area contributed by atoms with Crippen LogP contribution in [0.25, 0.3) is 16.9 Å². The van der Waals surface area contributed by atoms with Crippen molar-refractivity contribution in [2.75, 3.05) is 6.54 Å². The molecule has 140 valence electrons. The second-order valence-corrected chi connectivity index (χ2v) is 6.74. The summed E-state index contributed by atoms with van der Waals surface area (Å²) in [6.07, 6.45) is 6.01. The summed E-state index contributed by atoms with van der Waals surface area (Å²) in [5.41, 5.74) is 4.09. The Labute approximate surface area is 167 Å². The lowest BCUT2D eigenvalue weighted by molar-refractivity contribution is 0.0955.